The number of methoxy groups -OCH3 is 3. The fourth-order valence-electron chi connectivity index (χ4n) is 2.45. The van der Waals surface area contributed by atoms with Gasteiger partial charge in [-0.1, -0.05) is 17.7 Å². The average molecular weight is 393 g/mol. The lowest BCUT2D eigenvalue weighted by Gasteiger charge is -2.21. The van der Waals surface area contributed by atoms with Crippen LogP contribution < -0.4 is 24.4 Å². The van der Waals surface area contributed by atoms with Gasteiger partial charge in [-0.25, -0.2) is 0 Å². The molecule has 0 fully saturated rings. The number of ether oxygens (including phenoxy) is 3. The molecule has 2 aromatic rings. The maximum absolute atomic E-state index is 12.5. The van der Waals surface area contributed by atoms with Crippen molar-refractivity contribution < 1.29 is 23.8 Å². The van der Waals surface area contributed by atoms with Crippen molar-refractivity contribution >= 4 is 34.8 Å². The van der Waals surface area contributed by atoms with Gasteiger partial charge in [0.15, 0.2) is 0 Å². The highest BCUT2D eigenvalue weighted by Crippen LogP contribution is 2.35. The van der Waals surface area contributed by atoms with Gasteiger partial charge >= 0.3 is 0 Å². The molecule has 2 amide bonds. The van der Waals surface area contributed by atoms with Crippen LogP contribution in [0.2, 0.25) is 5.02 Å². The maximum atomic E-state index is 12.5. The van der Waals surface area contributed by atoms with Crippen molar-refractivity contribution in [3.05, 3.63) is 41.4 Å². The highest BCUT2D eigenvalue weighted by atomic mass is 35.5. The standard InChI is InChI=1S/C19H21ClN2O5/c1-12(23)22(13-6-5-7-14(8-13)25-2)11-19(24)21-16-10-17(26-3)15(20)9-18(16)27-4/h5-10H,11H2,1-4H3,(H,21,24). The van der Waals surface area contributed by atoms with Crippen molar-refractivity contribution in [1.82, 2.24) is 0 Å². The third kappa shape index (κ3) is 5.04. The summed E-state index contributed by atoms with van der Waals surface area (Å²) in [4.78, 5) is 25.9. The Morgan fingerprint density at radius 2 is 1.74 bits per heavy atom. The number of nitrogens with one attached hydrogen (secondary N) is 1. The fourth-order valence-corrected chi connectivity index (χ4v) is 2.69. The first-order chi connectivity index (χ1) is 12.9. The van der Waals surface area contributed by atoms with E-state index in [4.69, 9.17) is 25.8 Å². The summed E-state index contributed by atoms with van der Waals surface area (Å²) in [6, 6.07) is 10.0. The molecular weight excluding hydrogens is 372 g/mol. The SMILES string of the molecule is COc1cccc(N(CC(=O)Nc2cc(OC)c(Cl)cc2OC)C(C)=O)c1. The Labute approximate surface area is 162 Å². The van der Waals surface area contributed by atoms with Crippen molar-refractivity contribution in [2.24, 2.45) is 0 Å². The van der Waals surface area contributed by atoms with Crippen molar-refractivity contribution in [2.45, 2.75) is 6.92 Å². The predicted octanol–water partition coefficient (Wildman–Crippen LogP) is 3.36. The minimum Gasteiger partial charge on any atom is -0.497 e. The maximum Gasteiger partial charge on any atom is 0.244 e. The van der Waals surface area contributed by atoms with Crippen LogP contribution >= 0.6 is 11.6 Å². The molecule has 0 heterocycles. The second-order valence-electron chi connectivity index (χ2n) is 5.54. The molecule has 0 aliphatic rings. The number of nitrogens with zero attached hydrogens (tertiary/aromatic N) is 1. The van der Waals surface area contributed by atoms with Gasteiger partial charge in [0.2, 0.25) is 11.8 Å². The van der Waals surface area contributed by atoms with Crippen molar-refractivity contribution in [2.75, 3.05) is 38.1 Å². The lowest BCUT2D eigenvalue weighted by molar-refractivity contribution is -0.120. The van der Waals surface area contributed by atoms with E-state index in [9.17, 15) is 9.59 Å². The van der Waals surface area contributed by atoms with Gasteiger partial charge in [-0.05, 0) is 12.1 Å². The van der Waals surface area contributed by atoms with Crippen LogP contribution in [0.5, 0.6) is 17.2 Å². The minimum absolute atomic E-state index is 0.184. The summed E-state index contributed by atoms with van der Waals surface area (Å²) in [7, 11) is 4.47. The molecule has 0 aliphatic carbocycles. The Morgan fingerprint density at radius 3 is 2.33 bits per heavy atom. The molecule has 0 radical (unpaired) electrons. The Balaban J connectivity index is 2.23. The normalized spacial score (nSPS) is 10.1. The molecule has 27 heavy (non-hydrogen) atoms. The molecule has 8 heteroatoms. The highest BCUT2D eigenvalue weighted by molar-refractivity contribution is 6.32. The van der Waals surface area contributed by atoms with E-state index in [-0.39, 0.29) is 12.5 Å². The molecule has 2 aromatic carbocycles. The van der Waals surface area contributed by atoms with E-state index in [0.29, 0.717) is 33.6 Å². The Hall–Kier alpha value is -2.93. The van der Waals surface area contributed by atoms with Gasteiger partial charge < -0.3 is 24.4 Å². The first kappa shape index (κ1) is 20.4. The lowest BCUT2D eigenvalue weighted by Crippen LogP contribution is -2.36. The molecule has 0 unspecified atom stereocenters. The van der Waals surface area contributed by atoms with Gasteiger partial charge in [-0.2, -0.15) is 0 Å². The van der Waals surface area contributed by atoms with Crippen molar-refractivity contribution in [1.29, 1.82) is 0 Å². The first-order valence-corrected chi connectivity index (χ1v) is 8.41. The molecule has 1 N–H and O–H groups in total. The Kier molecular flexibility index (Phi) is 6.90. The number of amides is 2. The summed E-state index contributed by atoms with van der Waals surface area (Å²) < 4.78 is 15.6. The first-order valence-electron chi connectivity index (χ1n) is 8.03. The Bertz CT molecular complexity index is 841. The minimum atomic E-state index is -0.407. The summed E-state index contributed by atoms with van der Waals surface area (Å²) in [6.07, 6.45) is 0. The molecule has 0 saturated heterocycles. The van der Waals surface area contributed by atoms with Gasteiger partial charge in [0.1, 0.15) is 23.8 Å². The quantitative estimate of drug-likeness (QED) is 0.781. The zero-order valence-corrected chi connectivity index (χ0v) is 16.3. The van der Waals surface area contributed by atoms with Crippen LogP contribution in [-0.4, -0.2) is 39.7 Å². The van der Waals surface area contributed by atoms with Crippen LogP contribution in [0.25, 0.3) is 0 Å². The van der Waals surface area contributed by atoms with E-state index in [1.165, 1.54) is 33.2 Å². The number of anilines is 2. The predicted molar refractivity (Wildman–Crippen MR) is 104 cm³/mol. The van der Waals surface area contributed by atoms with Gasteiger partial charge in [0.25, 0.3) is 0 Å². The van der Waals surface area contributed by atoms with E-state index in [2.05, 4.69) is 5.32 Å². The molecule has 0 aliphatic heterocycles. The molecule has 144 valence electrons. The summed E-state index contributed by atoms with van der Waals surface area (Å²) in [5.41, 5.74) is 0.940. The summed E-state index contributed by atoms with van der Waals surface area (Å²) in [6.45, 7) is 1.20. The molecule has 2 rings (SSSR count). The van der Waals surface area contributed by atoms with Crippen LogP contribution in [0.1, 0.15) is 6.92 Å². The topological polar surface area (TPSA) is 77.1 Å². The fraction of sp³-hybridized carbons (Fsp3) is 0.263. The van der Waals surface area contributed by atoms with Gasteiger partial charge in [0.05, 0.1) is 32.0 Å². The second kappa shape index (κ2) is 9.14. The molecule has 7 nitrogen and oxygen atoms in total. The zero-order chi connectivity index (χ0) is 20.0. The van der Waals surface area contributed by atoms with E-state index < -0.39 is 5.91 Å². The van der Waals surface area contributed by atoms with Crippen LogP contribution in [-0.2, 0) is 9.59 Å². The largest absolute Gasteiger partial charge is 0.497 e. The van der Waals surface area contributed by atoms with Gasteiger partial charge in [-0.15, -0.1) is 0 Å². The van der Waals surface area contributed by atoms with Crippen LogP contribution in [0.4, 0.5) is 11.4 Å². The molecule has 0 spiro atoms. The van der Waals surface area contributed by atoms with Crippen molar-refractivity contribution in [3.63, 3.8) is 0 Å². The Morgan fingerprint density at radius 1 is 1.04 bits per heavy atom. The molecule has 0 bridgehead atoms. The number of hydrogen-bond donors (Lipinski definition) is 1. The van der Waals surface area contributed by atoms with E-state index in [0.717, 1.165) is 0 Å². The molecular formula is C19H21ClN2O5. The van der Waals surface area contributed by atoms with E-state index in [1.807, 2.05) is 0 Å². The molecule has 0 aromatic heterocycles. The number of carbonyl (C=O) groups is 2. The number of hydrogen-bond acceptors (Lipinski definition) is 5. The van der Waals surface area contributed by atoms with Gasteiger partial charge in [-0.3, -0.25) is 9.59 Å². The number of carbonyl (C=O) groups excluding carboxylic acids is 2. The average Bonchev–Trinajstić information content (AvgIpc) is 2.66. The molecule has 0 atom stereocenters. The van der Waals surface area contributed by atoms with Gasteiger partial charge in [0, 0.05) is 30.8 Å². The summed E-state index contributed by atoms with van der Waals surface area (Å²) in [5.74, 6) is 0.673. The number of halogens is 1. The van der Waals surface area contributed by atoms with Crippen LogP contribution in [0.3, 0.4) is 0 Å². The lowest BCUT2D eigenvalue weighted by atomic mass is 10.2. The monoisotopic (exact) mass is 392 g/mol. The van der Waals surface area contributed by atoms with Crippen LogP contribution in [0, 0.1) is 0 Å². The summed E-state index contributed by atoms with van der Waals surface area (Å²) >= 11 is 6.07. The highest BCUT2D eigenvalue weighted by Gasteiger charge is 2.18. The second-order valence-corrected chi connectivity index (χ2v) is 5.95. The van der Waals surface area contributed by atoms with E-state index >= 15 is 0 Å². The molecule has 0 saturated carbocycles. The third-order valence-electron chi connectivity index (χ3n) is 3.79. The summed E-state index contributed by atoms with van der Waals surface area (Å²) in [5, 5.41) is 3.08. The smallest absolute Gasteiger partial charge is 0.244 e. The third-order valence-corrected chi connectivity index (χ3v) is 4.09. The van der Waals surface area contributed by atoms with E-state index in [1.54, 1.807) is 36.4 Å². The van der Waals surface area contributed by atoms with Crippen molar-refractivity contribution in [3.8, 4) is 17.2 Å². The zero-order valence-electron chi connectivity index (χ0n) is 15.5. The number of benzene rings is 2. The number of rotatable bonds is 7. The van der Waals surface area contributed by atoms with Crippen LogP contribution in [0.15, 0.2) is 36.4 Å².